The topological polar surface area (TPSA) is 103 Å². The zero-order valence-corrected chi connectivity index (χ0v) is 20.5. The van der Waals surface area contributed by atoms with E-state index >= 15 is 0 Å². The van der Waals surface area contributed by atoms with Gasteiger partial charge in [-0.2, -0.15) is 4.98 Å². The summed E-state index contributed by atoms with van der Waals surface area (Å²) in [5.41, 5.74) is 2.05. The standard InChI is InChI=1S/C25H34N8O2/c1-30(2)9-10-31-11-13-32(14-12-31)20-7-8-22(26-17-20)28-25-27-16-18-15-21(24(34)35)33(23(18)29-25)19-5-3-4-6-19/h7-8,15-17,19H,3-6,9-14H2,1-2H3,(H,34,35)(H,26,27,28,29). The first-order valence-corrected chi connectivity index (χ1v) is 12.4. The molecule has 0 aromatic carbocycles. The number of nitrogens with zero attached hydrogens (tertiary/aromatic N) is 7. The van der Waals surface area contributed by atoms with Crippen molar-refractivity contribution in [1.82, 2.24) is 29.3 Å². The number of piperazine rings is 1. The SMILES string of the molecule is CN(C)CCN1CCN(c2ccc(Nc3ncc4cc(C(=O)O)n(C5CCCC5)c4n3)nc2)CC1. The van der Waals surface area contributed by atoms with Gasteiger partial charge in [-0.05, 0) is 45.1 Å². The van der Waals surface area contributed by atoms with E-state index in [-0.39, 0.29) is 11.7 Å². The molecule has 0 unspecified atom stereocenters. The Balaban J connectivity index is 1.27. The van der Waals surface area contributed by atoms with Gasteiger partial charge in [-0.15, -0.1) is 0 Å². The predicted octanol–water partition coefficient (Wildman–Crippen LogP) is 3.07. The third-order valence-electron chi connectivity index (χ3n) is 7.07. The maximum atomic E-state index is 11.9. The van der Waals surface area contributed by atoms with Crippen LogP contribution in [0.3, 0.4) is 0 Å². The van der Waals surface area contributed by atoms with E-state index in [0.717, 1.165) is 76.0 Å². The highest BCUT2D eigenvalue weighted by atomic mass is 16.4. The van der Waals surface area contributed by atoms with Gasteiger partial charge in [0.25, 0.3) is 0 Å². The average Bonchev–Trinajstić information content (AvgIpc) is 3.51. The van der Waals surface area contributed by atoms with Gasteiger partial charge in [0.1, 0.15) is 17.2 Å². The highest BCUT2D eigenvalue weighted by Crippen LogP contribution is 2.34. The number of aromatic nitrogens is 4. The molecule has 1 saturated heterocycles. The molecule has 186 valence electrons. The van der Waals surface area contributed by atoms with Gasteiger partial charge in [0.15, 0.2) is 0 Å². The van der Waals surface area contributed by atoms with Crippen molar-refractivity contribution in [1.29, 1.82) is 0 Å². The summed E-state index contributed by atoms with van der Waals surface area (Å²) in [7, 11) is 4.22. The lowest BCUT2D eigenvalue weighted by molar-refractivity contribution is 0.0683. The lowest BCUT2D eigenvalue weighted by atomic mass is 10.2. The van der Waals surface area contributed by atoms with Gasteiger partial charge in [-0.25, -0.2) is 14.8 Å². The second-order valence-electron chi connectivity index (χ2n) is 9.77. The minimum absolute atomic E-state index is 0.169. The number of carbonyl (C=O) groups is 1. The lowest BCUT2D eigenvalue weighted by Crippen LogP contribution is -2.48. The van der Waals surface area contributed by atoms with Crippen LogP contribution in [0.4, 0.5) is 17.5 Å². The van der Waals surface area contributed by atoms with Crippen molar-refractivity contribution < 1.29 is 9.90 Å². The monoisotopic (exact) mass is 478 g/mol. The molecule has 0 atom stereocenters. The summed E-state index contributed by atoms with van der Waals surface area (Å²) < 4.78 is 1.88. The van der Waals surface area contributed by atoms with Crippen LogP contribution in [0, 0.1) is 0 Å². The number of carboxylic acid groups (broad SMARTS) is 1. The van der Waals surface area contributed by atoms with Crippen molar-refractivity contribution in [2.45, 2.75) is 31.7 Å². The summed E-state index contributed by atoms with van der Waals surface area (Å²) in [6.07, 6.45) is 7.75. The van der Waals surface area contributed by atoms with Crippen LogP contribution >= 0.6 is 0 Å². The fraction of sp³-hybridized carbons (Fsp3) is 0.520. The number of aromatic carboxylic acids is 1. The fourth-order valence-corrected chi connectivity index (χ4v) is 5.10. The van der Waals surface area contributed by atoms with Crippen LogP contribution in [0.2, 0.25) is 0 Å². The Morgan fingerprint density at radius 2 is 1.89 bits per heavy atom. The van der Waals surface area contributed by atoms with Crippen molar-refractivity contribution in [2.75, 3.05) is 63.6 Å². The maximum absolute atomic E-state index is 11.9. The van der Waals surface area contributed by atoms with Crippen molar-refractivity contribution in [3.05, 3.63) is 36.3 Å². The van der Waals surface area contributed by atoms with Crippen LogP contribution in [0.15, 0.2) is 30.6 Å². The van der Waals surface area contributed by atoms with Crippen LogP contribution in [0.25, 0.3) is 11.0 Å². The van der Waals surface area contributed by atoms with Crippen molar-refractivity contribution in [3.63, 3.8) is 0 Å². The molecule has 1 saturated carbocycles. The number of pyridine rings is 1. The van der Waals surface area contributed by atoms with E-state index in [1.807, 2.05) is 16.8 Å². The van der Waals surface area contributed by atoms with E-state index in [1.165, 1.54) is 0 Å². The molecule has 0 amide bonds. The Morgan fingerprint density at radius 1 is 1.11 bits per heavy atom. The number of fused-ring (bicyclic) bond motifs is 1. The van der Waals surface area contributed by atoms with E-state index in [2.05, 4.69) is 55.1 Å². The van der Waals surface area contributed by atoms with Gasteiger partial charge in [0.05, 0.1) is 11.9 Å². The van der Waals surface area contributed by atoms with Gasteiger partial charge < -0.3 is 24.8 Å². The van der Waals surface area contributed by atoms with E-state index in [9.17, 15) is 9.90 Å². The zero-order valence-electron chi connectivity index (χ0n) is 20.5. The van der Waals surface area contributed by atoms with Gasteiger partial charge >= 0.3 is 5.97 Å². The average molecular weight is 479 g/mol. The summed E-state index contributed by atoms with van der Waals surface area (Å²) in [6, 6.07) is 5.86. The van der Waals surface area contributed by atoms with Crippen molar-refractivity contribution in [3.8, 4) is 0 Å². The number of nitrogens with one attached hydrogen (secondary N) is 1. The molecule has 0 spiro atoms. The molecule has 2 N–H and O–H groups in total. The number of anilines is 3. The number of likely N-dealkylation sites (N-methyl/N-ethyl adjacent to an activating group) is 1. The van der Waals surface area contributed by atoms with Crippen LogP contribution in [-0.4, -0.2) is 93.8 Å². The molecule has 1 aliphatic carbocycles. The molecular weight excluding hydrogens is 444 g/mol. The van der Waals surface area contributed by atoms with Crippen LogP contribution in [0.5, 0.6) is 0 Å². The Morgan fingerprint density at radius 3 is 2.54 bits per heavy atom. The van der Waals surface area contributed by atoms with E-state index in [1.54, 1.807) is 12.3 Å². The molecule has 10 nitrogen and oxygen atoms in total. The summed E-state index contributed by atoms with van der Waals surface area (Å²) >= 11 is 0. The zero-order chi connectivity index (χ0) is 24.4. The van der Waals surface area contributed by atoms with Crippen LogP contribution < -0.4 is 10.2 Å². The molecule has 10 heteroatoms. The maximum Gasteiger partial charge on any atom is 0.352 e. The molecule has 1 aliphatic heterocycles. The number of rotatable bonds is 8. The molecule has 3 aromatic rings. The lowest BCUT2D eigenvalue weighted by Gasteiger charge is -2.36. The molecular formula is C25H34N8O2. The van der Waals surface area contributed by atoms with E-state index in [4.69, 9.17) is 0 Å². The van der Waals surface area contributed by atoms with E-state index in [0.29, 0.717) is 17.4 Å². The smallest absolute Gasteiger partial charge is 0.352 e. The minimum Gasteiger partial charge on any atom is -0.477 e. The normalized spacial score (nSPS) is 17.5. The largest absolute Gasteiger partial charge is 0.477 e. The van der Waals surface area contributed by atoms with Gasteiger partial charge in [0, 0.05) is 56.9 Å². The molecule has 4 heterocycles. The molecule has 3 aromatic heterocycles. The third kappa shape index (κ3) is 5.23. The molecule has 2 aliphatic rings. The summed E-state index contributed by atoms with van der Waals surface area (Å²) in [5.74, 6) is 0.150. The third-order valence-corrected chi connectivity index (χ3v) is 7.07. The predicted molar refractivity (Wildman–Crippen MR) is 137 cm³/mol. The van der Waals surface area contributed by atoms with Crippen molar-refractivity contribution >= 4 is 34.5 Å². The first-order chi connectivity index (χ1) is 17.0. The van der Waals surface area contributed by atoms with Crippen LogP contribution in [0.1, 0.15) is 42.2 Å². The molecule has 5 rings (SSSR count). The Labute approximate surface area is 205 Å². The number of hydrogen-bond acceptors (Lipinski definition) is 8. The Kier molecular flexibility index (Phi) is 6.83. The number of hydrogen-bond donors (Lipinski definition) is 2. The first kappa shape index (κ1) is 23.5. The van der Waals surface area contributed by atoms with Crippen LogP contribution in [-0.2, 0) is 0 Å². The molecule has 35 heavy (non-hydrogen) atoms. The molecule has 0 radical (unpaired) electrons. The second-order valence-corrected chi connectivity index (χ2v) is 9.77. The van der Waals surface area contributed by atoms with Gasteiger partial charge in [-0.3, -0.25) is 4.90 Å². The van der Waals surface area contributed by atoms with Gasteiger partial charge in [-0.1, -0.05) is 12.8 Å². The fourth-order valence-electron chi connectivity index (χ4n) is 5.10. The van der Waals surface area contributed by atoms with Crippen molar-refractivity contribution in [2.24, 2.45) is 0 Å². The second kappa shape index (κ2) is 10.2. The first-order valence-electron chi connectivity index (χ1n) is 12.4. The highest BCUT2D eigenvalue weighted by Gasteiger charge is 2.25. The summed E-state index contributed by atoms with van der Waals surface area (Å²) in [4.78, 5) is 32.6. The quantitative estimate of drug-likeness (QED) is 0.506. The van der Waals surface area contributed by atoms with Gasteiger partial charge in [0.2, 0.25) is 5.95 Å². The number of carboxylic acids is 1. The minimum atomic E-state index is -0.930. The Hall–Kier alpha value is -3.24. The summed E-state index contributed by atoms with van der Waals surface area (Å²) in [6.45, 7) is 6.28. The summed E-state index contributed by atoms with van der Waals surface area (Å²) in [5, 5.41) is 13.7. The molecule has 0 bridgehead atoms. The van der Waals surface area contributed by atoms with E-state index < -0.39 is 5.97 Å². The highest BCUT2D eigenvalue weighted by molar-refractivity contribution is 5.93. The molecule has 2 fully saturated rings. The Bertz CT molecular complexity index is 1160.